The highest BCUT2D eigenvalue weighted by atomic mass is 35.5. The van der Waals surface area contributed by atoms with E-state index in [2.05, 4.69) is 10.5 Å². The number of hydrogen-bond donors (Lipinski definition) is 1. The van der Waals surface area contributed by atoms with Crippen LogP contribution in [0.5, 0.6) is 0 Å². The minimum absolute atomic E-state index is 0.101. The highest BCUT2D eigenvalue weighted by Crippen LogP contribution is 2.32. The molecule has 1 aromatic heterocycles. The van der Waals surface area contributed by atoms with E-state index in [0.29, 0.717) is 32.7 Å². The Balaban J connectivity index is 1.72. The van der Waals surface area contributed by atoms with Gasteiger partial charge < -0.3 is 4.42 Å². The molecule has 27 heavy (non-hydrogen) atoms. The second kappa shape index (κ2) is 8.03. The molecule has 0 spiro atoms. The van der Waals surface area contributed by atoms with Gasteiger partial charge in [0.1, 0.15) is 11.5 Å². The molecule has 0 saturated carbocycles. The summed E-state index contributed by atoms with van der Waals surface area (Å²) in [6, 6.07) is 13.6. The first-order valence-corrected chi connectivity index (χ1v) is 8.33. The molecule has 9 heteroatoms. The predicted molar refractivity (Wildman–Crippen MR) is 102 cm³/mol. The summed E-state index contributed by atoms with van der Waals surface area (Å²) >= 11 is 11.9. The number of nitrogens with zero attached hydrogens (tertiary/aromatic N) is 2. The molecule has 1 heterocycles. The summed E-state index contributed by atoms with van der Waals surface area (Å²) in [5, 5.41) is 15.6. The molecule has 0 unspecified atom stereocenters. The van der Waals surface area contributed by atoms with Gasteiger partial charge in [0, 0.05) is 28.3 Å². The van der Waals surface area contributed by atoms with Crippen molar-refractivity contribution in [1.82, 2.24) is 5.43 Å². The summed E-state index contributed by atoms with van der Waals surface area (Å²) in [5.41, 5.74) is 3.05. The van der Waals surface area contributed by atoms with Crippen molar-refractivity contribution in [2.75, 3.05) is 0 Å². The van der Waals surface area contributed by atoms with Gasteiger partial charge in [-0.2, -0.15) is 5.10 Å². The van der Waals surface area contributed by atoms with Crippen molar-refractivity contribution in [3.63, 3.8) is 0 Å². The molecule has 3 aromatic rings. The van der Waals surface area contributed by atoms with Crippen molar-refractivity contribution in [3.8, 4) is 11.3 Å². The van der Waals surface area contributed by atoms with Crippen molar-refractivity contribution in [1.29, 1.82) is 0 Å². The Hall–Kier alpha value is -3.16. The molecular formula is C18H11Cl2N3O4. The molecule has 0 aliphatic rings. The van der Waals surface area contributed by atoms with Crippen LogP contribution < -0.4 is 5.43 Å². The fourth-order valence-corrected chi connectivity index (χ4v) is 2.54. The summed E-state index contributed by atoms with van der Waals surface area (Å²) in [4.78, 5) is 22.3. The zero-order chi connectivity index (χ0) is 19.4. The molecule has 0 atom stereocenters. The maximum absolute atomic E-state index is 11.9. The molecular weight excluding hydrogens is 393 g/mol. The summed E-state index contributed by atoms with van der Waals surface area (Å²) in [5.74, 6) is 0.273. The van der Waals surface area contributed by atoms with Crippen LogP contribution in [0.2, 0.25) is 10.0 Å². The van der Waals surface area contributed by atoms with Crippen molar-refractivity contribution in [2.45, 2.75) is 0 Å². The Bertz CT molecular complexity index is 1030. The number of benzene rings is 2. The number of nitro groups is 1. The Morgan fingerprint density at radius 2 is 1.85 bits per heavy atom. The first-order chi connectivity index (χ1) is 12.9. The van der Waals surface area contributed by atoms with Crippen LogP contribution in [0.3, 0.4) is 0 Å². The average molecular weight is 404 g/mol. The van der Waals surface area contributed by atoms with E-state index in [-0.39, 0.29) is 5.69 Å². The number of hydrogen-bond acceptors (Lipinski definition) is 5. The molecule has 1 amide bonds. The van der Waals surface area contributed by atoms with Crippen LogP contribution in [0.25, 0.3) is 11.3 Å². The van der Waals surface area contributed by atoms with Gasteiger partial charge in [-0.25, -0.2) is 5.43 Å². The Kier molecular flexibility index (Phi) is 5.54. The fraction of sp³-hybridized carbons (Fsp3) is 0. The molecule has 3 rings (SSSR count). The second-order valence-electron chi connectivity index (χ2n) is 5.33. The maximum atomic E-state index is 11.9. The Morgan fingerprint density at radius 3 is 2.56 bits per heavy atom. The number of amides is 1. The number of furan rings is 1. The number of nitrogens with one attached hydrogen (secondary N) is 1. The largest absolute Gasteiger partial charge is 0.455 e. The molecule has 7 nitrogen and oxygen atoms in total. The van der Waals surface area contributed by atoms with Crippen LogP contribution in [0.15, 0.2) is 64.1 Å². The zero-order valence-electron chi connectivity index (χ0n) is 13.6. The van der Waals surface area contributed by atoms with E-state index < -0.39 is 10.8 Å². The van der Waals surface area contributed by atoms with E-state index in [1.807, 2.05) is 0 Å². The SMILES string of the molecule is O=C(N/N=C\c1ccc(-c2cc([N+](=O)[O-])ccc2Cl)o1)c1ccc(Cl)cc1. The molecule has 0 fully saturated rings. The summed E-state index contributed by atoms with van der Waals surface area (Å²) in [6.45, 7) is 0. The van der Waals surface area contributed by atoms with E-state index in [1.54, 1.807) is 36.4 Å². The summed E-state index contributed by atoms with van der Waals surface area (Å²) < 4.78 is 5.56. The highest BCUT2D eigenvalue weighted by molar-refractivity contribution is 6.33. The van der Waals surface area contributed by atoms with Crippen LogP contribution in [0, 0.1) is 10.1 Å². The number of carbonyl (C=O) groups excluding carboxylic acids is 1. The molecule has 2 aromatic carbocycles. The van der Waals surface area contributed by atoms with Gasteiger partial charge in [-0.3, -0.25) is 14.9 Å². The lowest BCUT2D eigenvalue weighted by molar-refractivity contribution is -0.384. The standard InChI is InChI=1S/C18H11Cl2N3O4/c19-12-3-1-11(2-4-12)18(24)22-21-10-14-6-8-17(27-14)15-9-13(23(25)26)5-7-16(15)20/h1-10H,(H,22,24)/b21-10-. The lowest BCUT2D eigenvalue weighted by Crippen LogP contribution is -2.17. The lowest BCUT2D eigenvalue weighted by atomic mass is 10.1. The van der Waals surface area contributed by atoms with Crippen LogP contribution >= 0.6 is 23.2 Å². The predicted octanol–water partition coefficient (Wildman–Crippen LogP) is 4.93. The van der Waals surface area contributed by atoms with Crippen molar-refractivity contribution < 1.29 is 14.1 Å². The van der Waals surface area contributed by atoms with E-state index in [0.717, 1.165) is 0 Å². The third-order valence-corrected chi connectivity index (χ3v) is 4.10. The van der Waals surface area contributed by atoms with Gasteiger partial charge in [0.15, 0.2) is 0 Å². The van der Waals surface area contributed by atoms with Gasteiger partial charge in [0.05, 0.1) is 16.2 Å². The average Bonchev–Trinajstić information content (AvgIpc) is 3.11. The van der Waals surface area contributed by atoms with Crippen LogP contribution in [-0.4, -0.2) is 17.0 Å². The van der Waals surface area contributed by atoms with Gasteiger partial charge in [-0.1, -0.05) is 23.2 Å². The molecule has 0 aliphatic carbocycles. The minimum Gasteiger partial charge on any atom is -0.455 e. The number of rotatable bonds is 5. The smallest absolute Gasteiger partial charge is 0.271 e. The lowest BCUT2D eigenvalue weighted by Gasteiger charge is -2.01. The topological polar surface area (TPSA) is 97.7 Å². The zero-order valence-corrected chi connectivity index (χ0v) is 15.1. The van der Waals surface area contributed by atoms with Crippen molar-refractivity contribution >= 4 is 41.0 Å². The number of non-ortho nitro benzene ring substituents is 1. The number of nitro benzene ring substituents is 1. The molecule has 1 N–H and O–H groups in total. The third kappa shape index (κ3) is 4.52. The minimum atomic E-state index is -0.516. The van der Waals surface area contributed by atoms with Crippen LogP contribution in [0.4, 0.5) is 5.69 Å². The van der Waals surface area contributed by atoms with E-state index in [4.69, 9.17) is 27.6 Å². The van der Waals surface area contributed by atoms with E-state index in [9.17, 15) is 14.9 Å². The molecule has 0 radical (unpaired) electrons. The Labute approximate surface area is 163 Å². The van der Waals surface area contributed by atoms with Crippen molar-refractivity contribution in [2.24, 2.45) is 5.10 Å². The van der Waals surface area contributed by atoms with Gasteiger partial charge in [0.2, 0.25) is 0 Å². The fourth-order valence-electron chi connectivity index (χ4n) is 2.20. The number of carbonyl (C=O) groups is 1. The van der Waals surface area contributed by atoms with Gasteiger partial charge in [-0.05, 0) is 42.5 Å². The molecule has 0 bridgehead atoms. The Morgan fingerprint density at radius 1 is 1.11 bits per heavy atom. The summed E-state index contributed by atoms with van der Waals surface area (Å²) in [6.07, 6.45) is 1.31. The van der Waals surface area contributed by atoms with Crippen LogP contribution in [-0.2, 0) is 0 Å². The molecule has 0 aliphatic heterocycles. The monoisotopic (exact) mass is 403 g/mol. The van der Waals surface area contributed by atoms with Crippen molar-refractivity contribution in [3.05, 3.63) is 86.1 Å². The van der Waals surface area contributed by atoms with E-state index in [1.165, 1.54) is 24.4 Å². The first-order valence-electron chi connectivity index (χ1n) is 7.57. The van der Waals surface area contributed by atoms with Gasteiger partial charge in [0.25, 0.3) is 11.6 Å². The van der Waals surface area contributed by atoms with E-state index >= 15 is 0 Å². The first kappa shape index (κ1) is 18.6. The number of hydrazone groups is 1. The quantitative estimate of drug-likeness (QED) is 0.371. The number of halogens is 2. The maximum Gasteiger partial charge on any atom is 0.271 e. The van der Waals surface area contributed by atoms with Crippen LogP contribution in [0.1, 0.15) is 16.1 Å². The molecule has 136 valence electrons. The van der Waals surface area contributed by atoms with Gasteiger partial charge in [-0.15, -0.1) is 0 Å². The summed E-state index contributed by atoms with van der Waals surface area (Å²) in [7, 11) is 0. The van der Waals surface area contributed by atoms with Gasteiger partial charge >= 0.3 is 0 Å². The molecule has 0 saturated heterocycles. The third-order valence-electron chi connectivity index (χ3n) is 3.52. The second-order valence-corrected chi connectivity index (χ2v) is 6.17. The normalized spacial score (nSPS) is 10.9. The highest BCUT2D eigenvalue weighted by Gasteiger charge is 2.14.